The second-order valence-corrected chi connectivity index (χ2v) is 6.67. The van der Waals surface area contributed by atoms with Gasteiger partial charge in [-0.2, -0.15) is 0 Å². The zero-order valence-electron chi connectivity index (χ0n) is 16.6. The van der Waals surface area contributed by atoms with E-state index in [0.717, 1.165) is 16.0 Å². The number of nitrogens with two attached hydrogens (primary N) is 1. The number of carboxylic acids is 1. The summed E-state index contributed by atoms with van der Waals surface area (Å²) >= 11 is 0. The molecule has 2 amide bonds. The van der Waals surface area contributed by atoms with E-state index in [4.69, 9.17) is 20.3 Å². The summed E-state index contributed by atoms with van der Waals surface area (Å²) in [5.41, 5.74) is 7.06. The van der Waals surface area contributed by atoms with Gasteiger partial charge in [0, 0.05) is 6.54 Å². The standard InChI is InChI=1S/C22H26N2O6/c23-19(20(25)26)13-7-8-14-24(21(27)29-15-17-9-3-1-4-10-17)22(28)30-16-18-11-5-2-6-12-18/h1-6,9-12,19H,7-8,13-16,23H2,(H,25,26). The van der Waals surface area contributed by atoms with Crippen molar-refractivity contribution in [3.63, 3.8) is 0 Å². The van der Waals surface area contributed by atoms with Crippen molar-refractivity contribution in [2.45, 2.75) is 38.5 Å². The molecule has 30 heavy (non-hydrogen) atoms. The molecule has 2 aromatic carbocycles. The van der Waals surface area contributed by atoms with E-state index >= 15 is 0 Å². The number of ether oxygens (including phenoxy) is 2. The lowest BCUT2D eigenvalue weighted by molar-refractivity contribution is -0.138. The highest BCUT2D eigenvalue weighted by Crippen LogP contribution is 2.10. The van der Waals surface area contributed by atoms with E-state index in [1.807, 2.05) is 36.4 Å². The lowest BCUT2D eigenvalue weighted by Gasteiger charge is -2.20. The van der Waals surface area contributed by atoms with Crippen molar-refractivity contribution < 1.29 is 29.0 Å². The van der Waals surface area contributed by atoms with Gasteiger partial charge in [-0.1, -0.05) is 60.7 Å². The average molecular weight is 414 g/mol. The van der Waals surface area contributed by atoms with E-state index in [1.54, 1.807) is 24.3 Å². The van der Waals surface area contributed by atoms with Gasteiger partial charge < -0.3 is 20.3 Å². The minimum atomic E-state index is -1.09. The monoisotopic (exact) mass is 414 g/mol. The molecule has 8 heteroatoms. The zero-order chi connectivity index (χ0) is 21.8. The molecule has 0 aliphatic carbocycles. The minimum Gasteiger partial charge on any atom is -0.480 e. The molecule has 2 aromatic rings. The number of unbranched alkanes of at least 4 members (excludes halogenated alkanes) is 1. The molecule has 0 aliphatic heterocycles. The Hall–Kier alpha value is -3.39. The summed E-state index contributed by atoms with van der Waals surface area (Å²) < 4.78 is 10.5. The van der Waals surface area contributed by atoms with Crippen LogP contribution in [-0.2, 0) is 27.5 Å². The van der Waals surface area contributed by atoms with Gasteiger partial charge in [-0.05, 0) is 30.4 Å². The van der Waals surface area contributed by atoms with Crippen molar-refractivity contribution in [2.24, 2.45) is 5.73 Å². The van der Waals surface area contributed by atoms with Gasteiger partial charge in [0.05, 0.1) is 0 Å². The van der Waals surface area contributed by atoms with Crippen LogP contribution in [0.15, 0.2) is 60.7 Å². The number of rotatable bonds is 10. The Morgan fingerprint density at radius 3 is 1.73 bits per heavy atom. The molecule has 0 fully saturated rings. The Labute approximate surface area is 175 Å². The van der Waals surface area contributed by atoms with Crippen molar-refractivity contribution in [3.05, 3.63) is 71.8 Å². The van der Waals surface area contributed by atoms with Gasteiger partial charge >= 0.3 is 18.2 Å². The van der Waals surface area contributed by atoms with Crippen LogP contribution in [0.25, 0.3) is 0 Å². The minimum absolute atomic E-state index is 0.0199. The van der Waals surface area contributed by atoms with E-state index in [-0.39, 0.29) is 26.2 Å². The molecule has 0 heterocycles. The van der Waals surface area contributed by atoms with Crippen molar-refractivity contribution in [3.8, 4) is 0 Å². The summed E-state index contributed by atoms with van der Waals surface area (Å²) in [6.07, 6.45) is -0.593. The Bertz CT molecular complexity index is 757. The Morgan fingerprint density at radius 2 is 1.30 bits per heavy atom. The normalized spacial score (nSPS) is 11.4. The SMILES string of the molecule is NC(CCCCN(C(=O)OCc1ccccc1)C(=O)OCc1ccccc1)C(=O)O. The highest BCUT2D eigenvalue weighted by Gasteiger charge is 2.24. The summed E-state index contributed by atoms with van der Waals surface area (Å²) in [7, 11) is 0. The van der Waals surface area contributed by atoms with Crippen LogP contribution in [0.4, 0.5) is 9.59 Å². The summed E-state index contributed by atoms with van der Waals surface area (Å²) in [6, 6.07) is 17.2. The fraction of sp³-hybridized carbons (Fsp3) is 0.318. The molecule has 1 unspecified atom stereocenters. The van der Waals surface area contributed by atoms with Crippen molar-refractivity contribution in [1.82, 2.24) is 4.90 Å². The van der Waals surface area contributed by atoms with Crippen LogP contribution in [-0.4, -0.2) is 40.7 Å². The Kier molecular flexibility index (Phi) is 9.33. The predicted octanol–water partition coefficient (Wildman–Crippen LogP) is 3.54. The van der Waals surface area contributed by atoms with Gasteiger partial charge in [-0.3, -0.25) is 4.79 Å². The van der Waals surface area contributed by atoms with Crippen LogP contribution in [0.1, 0.15) is 30.4 Å². The van der Waals surface area contributed by atoms with Crippen LogP contribution in [0.2, 0.25) is 0 Å². The van der Waals surface area contributed by atoms with E-state index in [9.17, 15) is 14.4 Å². The number of carbonyl (C=O) groups is 3. The summed E-state index contributed by atoms with van der Waals surface area (Å²) in [5, 5.41) is 8.84. The predicted molar refractivity (Wildman–Crippen MR) is 109 cm³/mol. The maximum Gasteiger partial charge on any atom is 0.419 e. The second-order valence-electron chi connectivity index (χ2n) is 6.67. The van der Waals surface area contributed by atoms with Crippen molar-refractivity contribution >= 4 is 18.2 Å². The number of hydrogen-bond acceptors (Lipinski definition) is 6. The first-order valence-electron chi connectivity index (χ1n) is 9.64. The molecule has 3 N–H and O–H groups in total. The van der Waals surface area contributed by atoms with Gasteiger partial charge in [-0.25, -0.2) is 14.5 Å². The molecule has 160 valence electrons. The third-order valence-electron chi connectivity index (χ3n) is 4.32. The third kappa shape index (κ3) is 7.92. The second kappa shape index (κ2) is 12.2. The smallest absolute Gasteiger partial charge is 0.419 e. The first-order chi connectivity index (χ1) is 14.5. The van der Waals surface area contributed by atoms with Gasteiger partial charge in [0.2, 0.25) is 0 Å². The fourth-order valence-electron chi connectivity index (χ4n) is 2.61. The molecule has 8 nitrogen and oxygen atoms in total. The summed E-state index contributed by atoms with van der Waals surface area (Å²) in [5.74, 6) is -1.09. The number of benzene rings is 2. The van der Waals surface area contributed by atoms with Gasteiger partial charge in [0.1, 0.15) is 19.3 Å². The van der Waals surface area contributed by atoms with E-state index in [1.165, 1.54) is 0 Å². The third-order valence-corrected chi connectivity index (χ3v) is 4.32. The largest absolute Gasteiger partial charge is 0.480 e. The zero-order valence-corrected chi connectivity index (χ0v) is 16.6. The lowest BCUT2D eigenvalue weighted by atomic mass is 10.1. The molecule has 0 saturated carbocycles. The molecule has 0 bridgehead atoms. The molecule has 1 atom stereocenters. The molecule has 0 aromatic heterocycles. The molecule has 0 saturated heterocycles. The molecule has 0 radical (unpaired) electrons. The first-order valence-corrected chi connectivity index (χ1v) is 9.64. The molecular formula is C22H26N2O6. The number of amides is 2. The number of carbonyl (C=O) groups excluding carboxylic acids is 2. The molecular weight excluding hydrogens is 388 g/mol. The van der Waals surface area contributed by atoms with Gasteiger partial charge in [0.15, 0.2) is 0 Å². The van der Waals surface area contributed by atoms with Crippen LogP contribution in [0.5, 0.6) is 0 Å². The van der Waals surface area contributed by atoms with Crippen LogP contribution in [0.3, 0.4) is 0 Å². The Balaban J connectivity index is 1.92. The van der Waals surface area contributed by atoms with E-state index in [0.29, 0.717) is 12.8 Å². The van der Waals surface area contributed by atoms with Crippen molar-refractivity contribution in [2.75, 3.05) is 6.54 Å². The van der Waals surface area contributed by atoms with E-state index in [2.05, 4.69) is 0 Å². The molecule has 2 rings (SSSR count). The first kappa shape index (κ1) is 22.9. The summed E-state index contributed by atoms with van der Waals surface area (Å²) in [4.78, 5) is 36.7. The van der Waals surface area contributed by atoms with Gasteiger partial charge in [0.25, 0.3) is 0 Å². The lowest BCUT2D eigenvalue weighted by Crippen LogP contribution is -2.38. The maximum atomic E-state index is 12.5. The topological polar surface area (TPSA) is 119 Å². The number of carboxylic acid groups (broad SMARTS) is 1. The highest BCUT2D eigenvalue weighted by atomic mass is 16.6. The molecule has 0 spiro atoms. The van der Waals surface area contributed by atoms with Crippen LogP contribution < -0.4 is 5.73 Å². The molecule has 0 aliphatic rings. The van der Waals surface area contributed by atoms with Gasteiger partial charge in [-0.15, -0.1) is 0 Å². The Morgan fingerprint density at radius 1 is 0.833 bits per heavy atom. The van der Waals surface area contributed by atoms with Crippen LogP contribution in [0, 0.1) is 0 Å². The fourth-order valence-corrected chi connectivity index (χ4v) is 2.61. The van der Waals surface area contributed by atoms with E-state index < -0.39 is 24.2 Å². The van der Waals surface area contributed by atoms with Crippen molar-refractivity contribution in [1.29, 1.82) is 0 Å². The number of hydrogen-bond donors (Lipinski definition) is 2. The highest BCUT2D eigenvalue weighted by molar-refractivity contribution is 5.87. The quantitative estimate of drug-likeness (QED) is 0.571. The average Bonchev–Trinajstić information content (AvgIpc) is 2.77. The number of nitrogens with zero attached hydrogens (tertiary/aromatic N) is 1. The summed E-state index contributed by atoms with van der Waals surface area (Å²) in [6.45, 7) is 0.0750. The maximum absolute atomic E-state index is 12.5. The van der Waals surface area contributed by atoms with Crippen LogP contribution >= 0.6 is 0 Å². The number of aliphatic carboxylic acids is 1. The number of imide groups is 1.